The van der Waals surface area contributed by atoms with Crippen molar-refractivity contribution in [3.05, 3.63) is 0 Å². The van der Waals surface area contributed by atoms with E-state index in [1.54, 1.807) is 0 Å². The van der Waals surface area contributed by atoms with Crippen LogP contribution >= 0.6 is 0 Å². The Morgan fingerprint density at radius 1 is 1.23 bits per heavy atom. The molecule has 0 aliphatic heterocycles. The minimum atomic E-state index is 0.161. The van der Waals surface area contributed by atoms with Crippen LogP contribution in [0.4, 0.5) is 0 Å². The van der Waals surface area contributed by atoms with Crippen LogP contribution in [-0.4, -0.2) is 5.78 Å². The summed E-state index contributed by atoms with van der Waals surface area (Å²) in [6.07, 6.45) is 7.47. The zero-order valence-electron chi connectivity index (χ0n) is 8.38. The molecule has 4 bridgehead atoms. The number of hydrogen-bond donors (Lipinski definition) is 0. The van der Waals surface area contributed by atoms with Crippen LogP contribution in [0, 0.1) is 23.2 Å². The highest BCUT2D eigenvalue weighted by Crippen LogP contribution is 2.59. The van der Waals surface area contributed by atoms with Gasteiger partial charge in [0.15, 0.2) is 0 Å². The van der Waals surface area contributed by atoms with Crippen LogP contribution in [0.2, 0.25) is 0 Å². The zero-order valence-corrected chi connectivity index (χ0v) is 8.38. The summed E-state index contributed by atoms with van der Waals surface area (Å²) in [5.41, 5.74) is 0.161. The largest absolute Gasteiger partial charge is 0.299 e. The molecular formula is C12H18O. The predicted octanol–water partition coefficient (Wildman–Crippen LogP) is 2.79. The first-order valence-corrected chi connectivity index (χ1v) is 5.78. The van der Waals surface area contributed by atoms with Gasteiger partial charge in [-0.3, -0.25) is 4.79 Å². The molecule has 4 aliphatic rings. The third kappa shape index (κ3) is 0.908. The summed E-state index contributed by atoms with van der Waals surface area (Å²) >= 11 is 0. The van der Waals surface area contributed by atoms with Crippen LogP contribution in [0.3, 0.4) is 0 Å². The lowest BCUT2D eigenvalue weighted by Gasteiger charge is -2.55. The zero-order chi connectivity index (χ0) is 9.05. The van der Waals surface area contributed by atoms with E-state index in [4.69, 9.17) is 0 Å². The monoisotopic (exact) mass is 178 g/mol. The molecule has 0 aromatic rings. The Hall–Kier alpha value is -0.330. The third-order valence-electron chi connectivity index (χ3n) is 4.83. The van der Waals surface area contributed by atoms with Gasteiger partial charge in [0.25, 0.3) is 0 Å². The smallest absolute Gasteiger partial charge is 0.142 e. The first-order valence-electron chi connectivity index (χ1n) is 5.78. The quantitative estimate of drug-likeness (QED) is 0.603. The lowest BCUT2D eigenvalue weighted by Crippen LogP contribution is -2.52. The fourth-order valence-electron chi connectivity index (χ4n) is 4.40. The van der Waals surface area contributed by atoms with E-state index in [0.717, 1.165) is 18.3 Å². The average Bonchev–Trinajstić information content (AvgIpc) is 2.12. The summed E-state index contributed by atoms with van der Waals surface area (Å²) < 4.78 is 0. The Kier molecular flexibility index (Phi) is 1.46. The molecule has 4 aliphatic carbocycles. The van der Waals surface area contributed by atoms with Crippen LogP contribution in [0.1, 0.15) is 45.4 Å². The third-order valence-corrected chi connectivity index (χ3v) is 4.83. The summed E-state index contributed by atoms with van der Waals surface area (Å²) in [6, 6.07) is 0. The molecule has 0 spiro atoms. The van der Waals surface area contributed by atoms with Crippen LogP contribution in [-0.2, 0) is 4.79 Å². The van der Waals surface area contributed by atoms with Crippen LogP contribution in [0.5, 0.6) is 0 Å². The highest BCUT2D eigenvalue weighted by atomic mass is 16.1. The van der Waals surface area contributed by atoms with E-state index in [1.807, 2.05) is 0 Å². The van der Waals surface area contributed by atoms with Crippen LogP contribution in [0.25, 0.3) is 0 Å². The van der Waals surface area contributed by atoms with Gasteiger partial charge in [-0.05, 0) is 50.4 Å². The van der Waals surface area contributed by atoms with Gasteiger partial charge < -0.3 is 0 Å². The van der Waals surface area contributed by atoms with E-state index in [2.05, 4.69) is 6.92 Å². The van der Waals surface area contributed by atoms with Crippen molar-refractivity contribution in [2.75, 3.05) is 0 Å². The van der Waals surface area contributed by atoms with Gasteiger partial charge in [-0.2, -0.15) is 0 Å². The molecule has 13 heavy (non-hydrogen) atoms. The van der Waals surface area contributed by atoms with Gasteiger partial charge in [0, 0.05) is 11.3 Å². The van der Waals surface area contributed by atoms with Crippen molar-refractivity contribution in [1.29, 1.82) is 0 Å². The van der Waals surface area contributed by atoms with E-state index in [-0.39, 0.29) is 5.41 Å². The number of rotatable bonds is 1. The summed E-state index contributed by atoms with van der Waals surface area (Å²) in [7, 11) is 0. The summed E-state index contributed by atoms with van der Waals surface area (Å²) in [5.74, 6) is 2.94. The topological polar surface area (TPSA) is 17.1 Å². The van der Waals surface area contributed by atoms with Gasteiger partial charge in [0.05, 0.1) is 0 Å². The normalized spacial score (nSPS) is 53.0. The second kappa shape index (κ2) is 2.37. The fourth-order valence-corrected chi connectivity index (χ4v) is 4.40. The molecule has 2 unspecified atom stereocenters. The van der Waals surface area contributed by atoms with Crippen molar-refractivity contribution < 1.29 is 4.79 Å². The maximum atomic E-state index is 12.1. The molecule has 4 rings (SSSR count). The molecule has 0 amide bonds. The lowest BCUT2D eigenvalue weighted by molar-refractivity contribution is -0.153. The Bertz CT molecular complexity index is 242. The molecule has 4 fully saturated rings. The Labute approximate surface area is 79.9 Å². The van der Waals surface area contributed by atoms with Gasteiger partial charge >= 0.3 is 0 Å². The van der Waals surface area contributed by atoms with Gasteiger partial charge in [-0.25, -0.2) is 0 Å². The number of ketones is 1. The molecule has 0 heterocycles. The summed E-state index contributed by atoms with van der Waals surface area (Å²) in [4.78, 5) is 12.1. The molecule has 0 radical (unpaired) electrons. The molecular weight excluding hydrogens is 160 g/mol. The Morgan fingerprint density at radius 3 is 2.38 bits per heavy atom. The van der Waals surface area contributed by atoms with Crippen molar-refractivity contribution in [2.24, 2.45) is 23.2 Å². The van der Waals surface area contributed by atoms with Gasteiger partial charge in [0.1, 0.15) is 5.78 Å². The Balaban J connectivity index is 2.00. The van der Waals surface area contributed by atoms with E-state index in [0.29, 0.717) is 11.7 Å². The highest BCUT2D eigenvalue weighted by molar-refractivity contribution is 5.89. The standard InChI is InChI=1S/C12H18O/c1-2-12-6-8-3-9(7-12)5-10(4-8)11(12)13/h8-10H,2-7H2,1H3/t8-,9+,10?,12?. The molecule has 4 atom stereocenters. The minimum absolute atomic E-state index is 0.161. The Morgan fingerprint density at radius 2 is 1.85 bits per heavy atom. The molecule has 1 heteroatoms. The molecule has 0 aromatic carbocycles. The predicted molar refractivity (Wildman–Crippen MR) is 51.3 cm³/mol. The van der Waals surface area contributed by atoms with E-state index < -0.39 is 0 Å². The van der Waals surface area contributed by atoms with Gasteiger partial charge in [-0.1, -0.05) is 6.92 Å². The first-order chi connectivity index (χ1) is 6.23. The van der Waals surface area contributed by atoms with E-state index in [1.165, 1.54) is 32.1 Å². The van der Waals surface area contributed by atoms with Gasteiger partial charge in [0.2, 0.25) is 0 Å². The molecule has 72 valence electrons. The molecule has 4 saturated carbocycles. The van der Waals surface area contributed by atoms with Crippen molar-refractivity contribution >= 4 is 5.78 Å². The number of Topliss-reactive ketones (excluding diaryl/α,β-unsaturated/α-hetero) is 1. The van der Waals surface area contributed by atoms with Crippen LogP contribution in [0.15, 0.2) is 0 Å². The van der Waals surface area contributed by atoms with E-state index in [9.17, 15) is 4.79 Å². The second-order valence-corrected chi connectivity index (χ2v) is 5.54. The maximum absolute atomic E-state index is 12.1. The minimum Gasteiger partial charge on any atom is -0.299 e. The molecule has 1 nitrogen and oxygen atoms in total. The second-order valence-electron chi connectivity index (χ2n) is 5.54. The number of carbonyl (C=O) groups is 1. The van der Waals surface area contributed by atoms with Crippen molar-refractivity contribution in [1.82, 2.24) is 0 Å². The molecule has 0 N–H and O–H groups in total. The number of hydrogen-bond acceptors (Lipinski definition) is 1. The van der Waals surface area contributed by atoms with E-state index >= 15 is 0 Å². The molecule has 0 saturated heterocycles. The van der Waals surface area contributed by atoms with Gasteiger partial charge in [-0.15, -0.1) is 0 Å². The van der Waals surface area contributed by atoms with Crippen LogP contribution < -0.4 is 0 Å². The van der Waals surface area contributed by atoms with Crippen molar-refractivity contribution in [3.8, 4) is 0 Å². The highest BCUT2D eigenvalue weighted by Gasteiger charge is 2.55. The lowest BCUT2D eigenvalue weighted by atomic mass is 9.48. The van der Waals surface area contributed by atoms with Crippen molar-refractivity contribution in [3.63, 3.8) is 0 Å². The maximum Gasteiger partial charge on any atom is 0.142 e. The fraction of sp³-hybridized carbons (Fsp3) is 0.917. The number of carbonyl (C=O) groups excluding carboxylic acids is 1. The SMILES string of the molecule is CCC12C[C@@H]3CC(C[C@@H](C3)C1)C2=O. The van der Waals surface area contributed by atoms with Crippen molar-refractivity contribution in [2.45, 2.75) is 45.4 Å². The summed E-state index contributed by atoms with van der Waals surface area (Å²) in [5, 5.41) is 0. The molecule has 0 aromatic heterocycles. The summed E-state index contributed by atoms with van der Waals surface area (Å²) in [6.45, 7) is 2.21. The first kappa shape index (κ1) is 8.02. The average molecular weight is 178 g/mol.